The molecule has 3 nitrogen and oxygen atoms in total. The molecule has 0 bridgehead atoms. The topological polar surface area (TPSA) is 63.3 Å². The fraction of sp³-hybridized carbons (Fsp3) is 0.706. The Morgan fingerprint density at radius 2 is 1.83 bits per heavy atom. The van der Waals surface area contributed by atoms with Crippen LogP contribution in [-0.4, -0.2) is 22.8 Å². The lowest BCUT2D eigenvalue weighted by molar-refractivity contribution is -0.242. The van der Waals surface area contributed by atoms with Gasteiger partial charge in [0, 0.05) is 5.57 Å². The van der Waals surface area contributed by atoms with Crippen LogP contribution in [0.5, 0.6) is 0 Å². The summed E-state index contributed by atoms with van der Waals surface area (Å²) >= 11 is 0. The fourth-order valence-electron chi connectivity index (χ4n) is 4.07. The number of nitrogens with two attached hydrogens (primary N) is 1. The van der Waals surface area contributed by atoms with E-state index in [0.717, 1.165) is 39.0 Å². The zero-order valence-electron chi connectivity index (χ0n) is 13.5. The molecule has 0 radical (unpaired) electrons. The first-order valence-corrected chi connectivity index (χ1v) is 8.01. The second kappa shape index (κ2) is 5.96. The van der Waals surface area contributed by atoms with Gasteiger partial charge >= 0.3 is 6.18 Å². The fourth-order valence-corrected chi connectivity index (χ4v) is 4.07. The summed E-state index contributed by atoms with van der Waals surface area (Å²) in [6.07, 6.45) is 2.53. The summed E-state index contributed by atoms with van der Waals surface area (Å²) in [6, 6.07) is 0. The Morgan fingerprint density at radius 1 is 1.26 bits per heavy atom. The average Bonchev–Trinajstić information content (AvgIpc) is 2.46. The Kier molecular flexibility index (Phi) is 4.68. The lowest BCUT2D eigenvalue weighted by atomic mass is 9.58. The highest BCUT2D eigenvalue weighted by molar-refractivity contribution is 5.92. The van der Waals surface area contributed by atoms with Crippen LogP contribution >= 0.6 is 0 Å². The van der Waals surface area contributed by atoms with E-state index >= 15 is 0 Å². The third kappa shape index (κ3) is 3.18. The summed E-state index contributed by atoms with van der Waals surface area (Å²) in [6.45, 7) is 2.52. The molecule has 130 valence electrons. The van der Waals surface area contributed by atoms with Crippen molar-refractivity contribution in [3.05, 3.63) is 23.3 Å². The lowest BCUT2D eigenvalue weighted by Gasteiger charge is -2.48. The van der Waals surface area contributed by atoms with Gasteiger partial charge in [-0.15, -0.1) is 0 Å². The van der Waals surface area contributed by atoms with E-state index < -0.39 is 23.1 Å². The van der Waals surface area contributed by atoms with Crippen LogP contribution in [0.4, 0.5) is 13.2 Å². The number of rotatable bonds is 3. The minimum atomic E-state index is -4.77. The molecule has 0 aromatic heterocycles. The summed E-state index contributed by atoms with van der Waals surface area (Å²) in [4.78, 5) is 11.5. The molecule has 1 saturated carbocycles. The molecule has 2 atom stereocenters. The molecule has 1 fully saturated rings. The van der Waals surface area contributed by atoms with Gasteiger partial charge in [-0.2, -0.15) is 13.2 Å². The van der Waals surface area contributed by atoms with Crippen molar-refractivity contribution < 1.29 is 23.1 Å². The van der Waals surface area contributed by atoms with Gasteiger partial charge in [-0.1, -0.05) is 38.3 Å². The smallest absolute Gasteiger partial charge is 0.377 e. The maximum absolute atomic E-state index is 13.4. The highest BCUT2D eigenvalue weighted by Gasteiger charge is 2.58. The van der Waals surface area contributed by atoms with Crippen LogP contribution < -0.4 is 5.73 Å². The SMILES string of the molecule is CC1(C2CCCCC2)CC(C(N)=O)=CC=C1C(C)(O)C(F)(F)F. The monoisotopic (exact) mass is 331 g/mol. The van der Waals surface area contributed by atoms with Gasteiger partial charge in [-0.3, -0.25) is 4.79 Å². The van der Waals surface area contributed by atoms with E-state index in [0.29, 0.717) is 5.57 Å². The van der Waals surface area contributed by atoms with Gasteiger partial charge in [-0.25, -0.2) is 0 Å². The number of carbonyl (C=O) groups excluding carboxylic acids is 1. The minimum Gasteiger partial charge on any atom is -0.377 e. The highest BCUT2D eigenvalue weighted by atomic mass is 19.4. The second-order valence-electron chi connectivity index (χ2n) is 7.14. The van der Waals surface area contributed by atoms with Crippen LogP contribution in [0.25, 0.3) is 0 Å². The van der Waals surface area contributed by atoms with Crippen LogP contribution in [0.15, 0.2) is 23.3 Å². The molecular weight excluding hydrogens is 307 g/mol. The first kappa shape index (κ1) is 18.0. The quantitative estimate of drug-likeness (QED) is 0.829. The molecule has 1 amide bonds. The van der Waals surface area contributed by atoms with Gasteiger partial charge in [-0.05, 0) is 43.1 Å². The van der Waals surface area contributed by atoms with Crippen LogP contribution in [-0.2, 0) is 4.79 Å². The molecular formula is C17H24F3NO2. The van der Waals surface area contributed by atoms with Crippen molar-refractivity contribution in [1.82, 2.24) is 0 Å². The molecule has 6 heteroatoms. The summed E-state index contributed by atoms with van der Waals surface area (Å²) in [5, 5.41) is 10.2. The number of alkyl halides is 3. The lowest BCUT2D eigenvalue weighted by Crippen LogP contribution is -2.51. The maximum atomic E-state index is 13.4. The predicted octanol–water partition coefficient (Wildman–Crippen LogP) is 3.63. The number of amides is 1. The van der Waals surface area contributed by atoms with Crippen molar-refractivity contribution in [3.63, 3.8) is 0 Å². The number of primary amides is 1. The van der Waals surface area contributed by atoms with Crippen molar-refractivity contribution in [1.29, 1.82) is 0 Å². The molecule has 2 rings (SSSR count). The van der Waals surface area contributed by atoms with Gasteiger partial charge in [0.05, 0.1) is 0 Å². The number of hydrogen-bond acceptors (Lipinski definition) is 2. The van der Waals surface area contributed by atoms with E-state index in [4.69, 9.17) is 5.73 Å². The average molecular weight is 331 g/mol. The van der Waals surface area contributed by atoms with Gasteiger partial charge in [0.1, 0.15) is 0 Å². The summed E-state index contributed by atoms with van der Waals surface area (Å²) in [7, 11) is 0. The van der Waals surface area contributed by atoms with E-state index in [9.17, 15) is 23.1 Å². The largest absolute Gasteiger partial charge is 0.420 e. The van der Waals surface area contributed by atoms with Crippen LogP contribution in [0.3, 0.4) is 0 Å². The van der Waals surface area contributed by atoms with Crippen LogP contribution in [0.1, 0.15) is 52.4 Å². The first-order chi connectivity index (χ1) is 10.5. The first-order valence-electron chi connectivity index (χ1n) is 8.01. The molecule has 3 N–H and O–H groups in total. The van der Waals surface area contributed by atoms with Crippen LogP contribution in [0.2, 0.25) is 0 Å². The number of carbonyl (C=O) groups is 1. The van der Waals surface area contributed by atoms with Gasteiger partial charge in [0.15, 0.2) is 5.60 Å². The predicted molar refractivity (Wildman–Crippen MR) is 81.3 cm³/mol. The highest BCUT2D eigenvalue weighted by Crippen LogP contribution is 2.55. The molecule has 0 aromatic carbocycles. The Labute approximate surface area is 134 Å². The van der Waals surface area contributed by atoms with Gasteiger partial charge in [0.25, 0.3) is 0 Å². The van der Waals surface area contributed by atoms with Crippen molar-refractivity contribution in [2.24, 2.45) is 17.1 Å². The van der Waals surface area contributed by atoms with Crippen molar-refractivity contribution >= 4 is 5.91 Å². The van der Waals surface area contributed by atoms with Gasteiger partial charge in [0.2, 0.25) is 5.91 Å². The maximum Gasteiger partial charge on any atom is 0.420 e. The molecule has 0 aliphatic heterocycles. The third-order valence-electron chi connectivity index (χ3n) is 5.52. The molecule has 2 unspecified atom stereocenters. The minimum absolute atomic E-state index is 0.000579. The van der Waals surface area contributed by atoms with E-state index in [1.54, 1.807) is 6.92 Å². The Bertz CT molecular complexity index is 543. The van der Waals surface area contributed by atoms with Crippen LogP contribution in [0, 0.1) is 11.3 Å². The van der Waals surface area contributed by atoms with E-state index in [2.05, 4.69) is 0 Å². The Morgan fingerprint density at radius 3 is 2.30 bits per heavy atom. The van der Waals surface area contributed by atoms with Crippen molar-refractivity contribution in [2.45, 2.75) is 64.1 Å². The molecule has 0 spiro atoms. The number of aliphatic hydroxyl groups is 1. The number of allylic oxidation sites excluding steroid dienone is 2. The third-order valence-corrected chi connectivity index (χ3v) is 5.52. The van der Waals surface area contributed by atoms with E-state index in [-0.39, 0.29) is 17.9 Å². The molecule has 2 aliphatic rings. The Hall–Kier alpha value is -1.30. The molecule has 0 aromatic rings. The number of halogens is 3. The standard InChI is InChI=1S/C17H24F3NO2/c1-15(12-6-4-3-5-7-12)10-11(14(21)22)8-9-13(15)16(2,23)17(18,19)20/h8-9,12,23H,3-7,10H2,1-2H3,(H2,21,22). The zero-order chi connectivity index (χ0) is 17.5. The van der Waals surface area contributed by atoms with Crippen molar-refractivity contribution in [2.75, 3.05) is 0 Å². The zero-order valence-corrected chi connectivity index (χ0v) is 13.5. The molecule has 23 heavy (non-hydrogen) atoms. The molecule has 2 aliphatic carbocycles. The molecule has 0 heterocycles. The Balaban J connectivity index is 2.51. The van der Waals surface area contributed by atoms with E-state index in [1.165, 1.54) is 12.2 Å². The van der Waals surface area contributed by atoms with Crippen molar-refractivity contribution in [3.8, 4) is 0 Å². The molecule has 0 saturated heterocycles. The normalized spacial score (nSPS) is 29.5. The summed E-state index contributed by atoms with van der Waals surface area (Å²) < 4.78 is 40.1. The summed E-state index contributed by atoms with van der Waals surface area (Å²) in [5.74, 6) is -0.617. The second-order valence-corrected chi connectivity index (χ2v) is 7.14. The summed E-state index contributed by atoms with van der Waals surface area (Å²) in [5.41, 5.74) is 1.76. The number of hydrogen-bond donors (Lipinski definition) is 2. The van der Waals surface area contributed by atoms with Gasteiger partial charge < -0.3 is 10.8 Å². The van der Waals surface area contributed by atoms with E-state index in [1.807, 2.05) is 0 Å².